The standard InChI is InChI=1S/C5H2N4O.C4H4N2O/c10-5-6-1-3-4(9-5)8-2-7-3;7-4-1-2-5-3-6-4/h1-2H;1-3H,(H,5,6,7). The number of H-pyrrole nitrogens is 1. The van der Waals surface area contributed by atoms with Crippen molar-refractivity contribution in [1.29, 1.82) is 0 Å². The molecule has 0 bridgehead atoms. The highest BCUT2D eigenvalue weighted by Crippen LogP contribution is 1.99. The van der Waals surface area contributed by atoms with Crippen LogP contribution in [-0.4, -0.2) is 40.1 Å². The molecule has 0 fully saturated rings. The lowest BCUT2D eigenvalue weighted by molar-refractivity contribution is 0.257. The van der Waals surface area contributed by atoms with Gasteiger partial charge in [-0.05, 0) is 0 Å². The highest BCUT2D eigenvalue weighted by molar-refractivity contribution is 6.67. The van der Waals surface area contributed by atoms with Crippen molar-refractivity contribution in [3.05, 3.63) is 28.9 Å². The van der Waals surface area contributed by atoms with Crippen LogP contribution in [0.2, 0.25) is 0 Å². The average Bonchev–Trinajstić information content (AvgIpc) is 2.78. The summed E-state index contributed by atoms with van der Waals surface area (Å²) >= 11 is 0. The van der Waals surface area contributed by atoms with Gasteiger partial charge in [0.2, 0.25) is 0 Å². The summed E-state index contributed by atoms with van der Waals surface area (Å²) < 4.78 is 0. The number of carbonyl (C=O) groups is 1. The fourth-order valence-electron chi connectivity index (χ4n) is 0.989. The molecule has 3 rings (SSSR count). The third kappa shape index (κ3) is 2.84. The number of aliphatic imine (C=N–C) groups is 4. The molecule has 0 aromatic carbocycles. The Morgan fingerprint density at radius 3 is 2.71 bits per heavy atom. The van der Waals surface area contributed by atoms with Gasteiger partial charge in [-0.15, -0.1) is 0 Å². The maximum absolute atomic E-state index is 10.5. The number of hydrogen-bond acceptors (Lipinski definition) is 5. The number of nitrogens with zero attached hydrogens (tertiary/aromatic N) is 5. The van der Waals surface area contributed by atoms with Gasteiger partial charge in [-0.2, -0.15) is 15.0 Å². The Hall–Kier alpha value is -2.77. The monoisotopic (exact) mass is 230 g/mol. The highest BCUT2D eigenvalue weighted by atomic mass is 16.2. The smallest absolute Gasteiger partial charge is 0.352 e. The number of fused-ring (bicyclic) bond motifs is 1. The summed E-state index contributed by atoms with van der Waals surface area (Å²) in [6, 6.07) is 0.841. The maximum atomic E-state index is 10.5. The van der Waals surface area contributed by atoms with Crippen molar-refractivity contribution in [2.45, 2.75) is 0 Å². The topological polar surface area (TPSA) is 112 Å². The number of nitrogens with one attached hydrogen (secondary N) is 1. The molecule has 17 heavy (non-hydrogen) atoms. The van der Waals surface area contributed by atoms with E-state index >= 15 is 0 Å². The molecule has 2 aliphatic rings. The molecular weight excluding hydrogens is 224 g/mol. The third-order valence-corrected chi connectivity index (χ3v) is 1.69. The van der Waals surface area contributed by atoms with Crippen molar-refractivity contribution in [3.8, 4) is 0 Å². The van der Waals surface area contributed by atoms with E-state index in [0.717, 1.165) is 0 Å². The SMILES string of the molecule is O=C1N=CC2=NC=NC2=N1.O=c1cc[nH]cn1. The van der Waals surface area contributed by atoms with Crippen LogP contribution in [-0.2, 0) is 0 Å². The molecule has 2 aliphatic heterocycles. The van der Waals surface area contributed by atoms with Crippen LogP contribution in [0.5, 0.6) is 0 Å². The Bertz CT molecular complexity index is 592. The van der Waals surface area contributed by atoms with E-state index in [1.807, 2.05) is 0 Å². The Kier molecular flexibility index (Phi) is 3.05. The molecule has 8 nitrogen and oxygen atoms in total. The van der Waals surface area contributed by atoms with E-state index in [1.165, 1.54) is 31.1 Å². The number of carbonyl (C=O) groups excluding carboxylic acids is 1. The second kappa shape index (κ2) is 4.84. The van der Waals surface area contributed by atoms with E-state index in [9.17, 15) is 9.59 Å². The summed E-state index contributed by atoms with van der Waals surface area (Å²) in [7, 11) is 0. The van der Waals surface area contributed by atoms with Gasteiger partial charge >= 0.3 is 6.03 Å². The maximum Gasteiger partial charge on any atom is 0.369 e. The largest absolute Gasteiger partial charge is 0.369 e. The zero-order valence-electron chi connectivity index (χ0n) is 8.44. The predicted molar refractivity (Wildman–Crippen MR) is 62.1 cm³/mol. The van der Waals surface area contributed by atoms with Gasteiger partial charge in [-0.25, -0.2) is 14.8 Å². The number of urea groups is 1. The van der Waals surface area contributed by atoms with Crippen molar-refractivity contribution < 1.29 is 4.79 Å². The Morgan fingerprint density at radius 2 is 2.06 bits per heavy atom. The summed E-state index contributed by atoms with van der Waals surface area (Å²) in [4.78, 5) is 41.0. The molecule has 0 saturated carbocycles. The van der Waals surface area contributed by atoms with Crippen LogP contribution in [0, 0.1) is 0 Å². The first-order chi connectivity index (χ1) is 8.25. The van der Waals surface area contributed by atoms with Crippen LogP contribution in [0.1, 0.15) is 0 Å². The highest BCUT2D eigenvalue weighted by Gasteiger charge is 2.15. The van der Waals surface area contributed by atoms with E-state index in [2.05, 4.69) is 29.9 Å². The molecule has 8 heteroatoms. The minimum Gasteiger partial charge on any atom is -0.352 e. The normalized spacial score (nSPS) is 15.6. The van der Waals surface area contributed by atoms with E-state index < -0.39 is 6.03 Å². The second-order valence-corrected chi connectivity index (χ2v) is 2.83. The van der Waals surface area contributed by atoms with Crippen molar-refractivity contribution in [3.63, 3.8) is 0 Å². The van der Waals surface area contributed by atoms with Crippen molar-refractivity contribution >= 4 is 30.1 Å². The molecule has 84 valence electrons. The van der Waals surface area contributed by atoms with Crippen LogP contribution >= 0.6 is 0 Å². The minimum atomic E-state index is -0.520. The summed E-state index contributed by atoms with van der Waals surface area (Å²) in [6.45, 7) is 0. The fourth-order valence-corrected chi connectivity index (χ4v) is 0.989. The lowest BCUT2D eigenvalue weighted by Gasteiger charge is -1.95. The van der Waals surface area contributed by atoms with Crippen molar-refractivity contribution in [1.82, 2.24) is 9.97 Å². The molecule has 0 atom stereocenters. The molecule has 3 heterocycles. The van der Waals surface area contributed by atoms with Crippen molar-refractivity contribution in [2.75, 3.05) is 0 Å². The molecule has 0 unspecified atom stereocenters. The molecular formula is C9H6N6O2. The van der Waals surface area contributed by atoms with Gasteiger partial charge in [-0.1, -0.05) is 0 Å². The molecule has 0 spiro atoms. The first kappa shape index (κ1) is 10.7. The average molecular weight is 230 g/mol. The molecule has 1 N–H and O–H groups in total. The van der Waals surface area contributed by atoms with Crippen molar-refractivity contribution in [2.24, 2.45) is 20.0 Å². The minimum absolute atomic E-state index is 0.209. The second-order valence-electron chi connectivity index (χ2n) is 2.83. The van der Waals surface area contributed by atoms with Crippen LogP contribution in [0.15, 0.2) is 43.4 Å². The van der Waals surface area contributed by atoms with Gasteiger partial charge in [0.1, 0.15) is 12.1 Å². The first-order valence-corrected chi connectivity index (χ1v) is 4.52. The van der Waals surface area contributed by atoms with E-state index in [0.29, 0.717) is 11.5 Å². The Balaban J connectivity index is 0.000000136. The number of amides is 2. The number of aromatic nitrogens is 2. The van der Waals surface area contributed by atoms with E-state index in [4.69, 9.17) is 0 Å². The van der Waals surface area contributed by atoms with Gasteiger partial charge in [0.15, 0.2) is 5.84 Å². The quantitative estimate of drug-likeness (QED) is 0.668. The van der Waals surface area contributed by atoms with Gasteiger partial charge in [0, 0.05) is 12.3 Å². The zero-order chi connectivity index (χ0) is 12.1. The van der Waals surface area contributed by atoms with Crippen LogP contribution in [0.25, 0.3) is 0 Å². The zero-order valence-corrected chi connectivity index (χ0v) is 8.44. The predicted octanol–water partition coefficient (Wildman–Crippen LogP) is -0.158. The number of hydrogen-bond donors (Lipinski definition) is 1. The van der Waals surface area contributed by atoms with Crippen LogP contribution in [0.3, 0.4) is 0 Å². The summed E-state index contributed by atoms with van der Waals surface area (Å²) in [5.41, 5.74) is 0.346. The van der Waals surface area contributed by atoms with Gasteiger partial charge in [-0.3, -0.25) is 4.79 Å². The fraction of sp³-hybridized carbons (Fsp3) is 0. The van der Waals surface area contributed by atoms with Gasteiger partial charge in [0.05, 0.1) is 12.5 Å². The lowest BCUT2D eigenvalue weighted by Crippen LogP contribution is -2.16. The lowest BCUT2D eigenvalue weighted by atomic mass is 10.3. The number of rotatable bonds is 0. The number of amidine groups is 1. The van der Waals surface area contributed by atoms with Gasteiger partial charge in [0.25, 0.3) is 5.56 Å². The Morgan fingerprint density at radius 1 is 1.18 bits per heavy atom. The molecule has 1 aromatic heterocycles. The Labute approximate surface area is 94.6 Å². The molecule has 0 aliphatic carbocycles. The van der Waals surface area contributed by atoms with Gasteiger partial charge < -0.3 is 4.98 Å². The molecule has 2 amide bonds. The number of aromatic amines is 1. The summed E-state index contributed by atoms with van der Waals surface area (Å²) in [6.07, 6.45) is 5.59. The summed E-state index contributed by atoms with van der Waals surface area (Å²) in [5, 5.41) is 0. The molecule has 1 aromatic rings. The first-order valence-electron chi connectivity index (χ1n) is 4.52. The molecule has 0 radical (unpaired) electrons. The van der Waals surface area contributed by atoms with E-state index in [1.54, 1.807) is 0 Å². The van der Waals surface area contributed by atoms with E-state index in [-0.39, 0.29) is 5.56 Å². The van der Waals surface area contributed by atoms with Crippen LogP contribution < -0.4 is 5.56 Å². The van der Waals surface area contributed by atoms with Crippen LogP contribution in [0.4, 0.5) is 4.79 Å². The third-order valence-electron chi connectivity index (χ3n) is 1.69. The summed E-state index contributed by atoms with van der Waals surface area (Å²) in [5.74, 6) is 0.361. The molecule has 0 saturated heterocycles.